The highest BCUT2D eigenvalue weighted by atomic mass is 15.1. The Balaban J connectivity index is 1.24. The Morgan fingerprint density at radius 2 is 0.727 bits per heavy atom. The predicted molar refractivity (Wildman–Crippen MR) is 235 cm³/mol. The minimum absolute atomic E-state index is 1.03. The summed E-state index contributed by atoms with van der Waals surface area (Å²) < 4.78 is 0. The van der Waals surface area contributed by atoms with Crippen LogP contribution in [0.15, 0.2) is 200 Å². The number of fused-ring (bicyclic) bond motifs is 9. The summed E-state index contributed by atoms with van der Waals surface area (Å²) in [6.07, 6.45) is 2.06. The molecule has 0 saturated carbocycles. The molecule has 1 aliphatic heterocycles. The molecule has 0 aliphatic carbocycles. The first-order chi connectivity index (χ1) is 27.3. The summed E-state index contributed by atoms with van der Waals surface area (Å²) in [5, 5.41) is 10.2. The summed E-state index contributed by atoms with van der Waals surface area (Å²) in [5.41, 5.74) is 13.9. The van der Waals surface area contributed by atoms with Gasteiger partial charge in [-0.05, 0) is 125 Å². The number of hydrogen-bond donors (Lipinski definition) is 0. The lowest BCUT2D eigenvalue weighted by Crippen LogP contribution is -2.11. The summed E-state index contributed by atoms with van der Waals surface area (Å²) in [6.45, 7) is 0. The molecule has 11 rings (SSSR count). The van der Waals surface area contributed by atoms with E-state index in [9.17, 15) is 0 Å². The Morgan fingerprint density at radius 1 is 0.291 bits per heavy atom. The van der Waals surface area contributed by atoms with Crippen molar-refractivity contribution < 1.29 is 0 Å². The van der Waals surface area contributed by atoms with Crippen molar-refractivity contribution in [2.45, 2.75) is 12.8 Å². The average Bonchev–Trinajstić information content (AvgIpc) is 3.43. The topological polar surface area (TPSA) is 3.24 Å². The van der Waals surface area contributed by atoms with Crippen LogP contribution in [0.1, 0.15) is 11.1 Å². The van der Waals surface area contributed by atoms with E-state index in [1.807, 2.05) is 0 Å². The van der Waals surface area contributed by atoms with Crippen molar-refractivity contribution in [3.05, 3.63) is 211 Å². The van der Waals surface area contributed by atoms with Gasteiger partial charge in [0.15, 0.2) is 0 Å². The molecule has 0 aromatic heterocycles. The molecule has 0 amide bonds. The molecule has 0 spiro atoms. The van der Waals surface area contributed by atoms with E-state index in [1.54, 1.807) is 0 Å². The number of aryl methyl sites for hydroxylation is 2. The second-order valence-corrected chi connectivity index (χ2v) is 14.7. The zero-order valence-corrected chi connectivity index (χ0v) is 30.4. The third-order valence-electron chi connectivity index (χ3n) is 11.7. The lowest BCUT2D eigenvalue weighted by atomic mass is 9.80. The largest absolute Gasteiger partial charge is 0.310 e. The first kappa shape index (κ1) is 31.6. The quantitative estimate of drug-likeness (QED) is 0.131. The van der Waals surface area contributed by atoms with E-state index in [0.717, 1.165) is 12.8 Å². The van der Waals surface area contributed by atoms with Crippen LogP contribution in [-0.2, 0) is 12.8 Å². The fourth-order valence-electron chi connectivity index (χ4n) is 9.33. The molecule has 258 valence electrons. The van der Waals surface area contributed by atoms with E-state index in [4.69, 9.17) is 0 Å². The number of benzene rings is 10. The Morgan fingerprint density at radius 3 is 1.33 bits per heavy atom. The van der Waals surface area contributed by atoms with E-state index in [2.05, 4.69) is 205 Å². The Hall–Kier alpha value is -6.96. The predicted octanol–water partition coefficient (Wildman–Crippen LogP) is 14.9. The van der Waals surface area contributed by atoms with Gasteiger partial charge in [-0.15, -0.1) is 0 Å². The number of nitrogens with zero attached hydrogens (tertiary/aromatic N) is 1. The van der Waals surface area contributed by atoms with Crippen LogP contribution in [0.25, 0.3) is 76.5 Å². The van der Waals surface area contributed by atoms with E-state index in [0.29, 0.717) is 0 Å². The first-order valence-electron chi connectivity index (χ1n) is 19.3. The van der Waals surface area contributed by atoms with Crippen molar-refractivity contribution in [3.63, 3.8) is 0 Å². The highest BCUT2D eigenvalue weighted by Gasteiger charge is 2.25. The van der Waals surface area contributed by atoms with Gasteiger partial charge in [-0.25, -0.2) is 0 Å². The molecule has 55 heavy (non-hydrogen) atoms. The van der Waals surface area contributed by atoms with Crippen LogP contribution in [0, 0.1) is 0 Å². The van der Waals surface area contributed by atoms with E-state index >= 15 is 0 Å². The molecule has 1 heteroatoms. The maximum atomic E-state index is 2.46. The van der Waals surface area contributed by atoms with Gasteiger partial charge < -0.3 is 4.90 Å². The fraction of sp³-hybridized carbons (Fsp3) is 0.0370. The van der Waals surface area contributed by atoms with Crippen molar-refractivity contribution in [2.24, 2.45) is 0 Å². The highest BCUT2D eigenvalue weighted by Crippen LogP contribution is 2.51. The zero-order valence-electron chi connectivity index (χ0n) is 30.4. The second-order valence-electron chi connectivity index (χ2n) is 14.7. The van der Waals surface area contributed by atoms with Crippen LogP contribution < -0.4 is 4.90 Å². The summed E-state index contributed by atoms with van der Waals surface area (Å²) in [6, 6.07) is 74.0. The molecule has 1 nitrogen and oxygen atoms in total. The SMILES string of the molecule is c1ccc(-c2ccccc2-c2c3ccccc3c(-c3ccc(N4c5ccccc5CCc5ccccc54)cc3)c3c4ccccc4c4ccccc4c23)cc1. The second kappa shape index (κ2) is 12.9. The molecule has 0 N–H and O–H groups in total. The normalized spacial score (nSPS) is 12.5. The van der Waals surface area contributed by atoms with Gasteiger partial charge in [0.1, 0.15) is 0 Å². The molecule has 10 aromatic rings. The number of hydrogen-bond acceptors (Lipinski definition) is 1. The van der Waals surface area contributed by atoms with Gasteiger partial charge in [0.05, 0.1) is 0 Å². The monoisotopic (exact) mass is 699 g/mol. The van der Waals surface area contributed by atoms with Gasteiger partial charge >= 0.3 is 0 Å². The van der Waals surface area contributed by atoms with Gasteiger partial charge in [-0.1, -0.05) is 176 Å². The average molecular weight is 700 g/mol. The third-order valence-corrected chi connectivity index (χ3v) is 11.7. The maximum Gasteiger partial charge on any atom is 0.0493 e. The van der Waals surface area contributed by atoms with Gasteiger partial charge in [0.25, 0.3) is 0 Å². The van der Waals surface area contributed by atoms with Gasteiger partial charge in [0.2, 0.25) is 0 Å². The van der Waals surface area contributed by atoms with Crippen molar-refractivity contribution in [3.8, 4) is 33.4 Å². The molecule has 0 saturated heterocycles. The molecule has 0 radical (unpaired) electrons. The van der Waals surface area contributed by atoms with Crippen LogP contribution >= 0.6 is 0 Å². The van der Waals surface area contributed by atoms with Crippen LogP contribution in [0.3, 0.4) is 0 Å². The molecule has 0 unspecified atom stereocenters. The minimum Gasteiger partial charge on any atom is -0.310 e. The lowest BCUT2D eigenvalue weighted by molar-refractivity contribution is 0.977. The van der Waals surface area contributed by atoms with Crippen molar-refractivity contribution in [1.29, 1.82) is 0 Å². The Labute approximate surface area is 321 Å². The van der Waals surface area contributed by atoms with Gasteiger partial charge in [-0.2, -0.15) is 0 Å². The highest BCUT2D eigenvalue weighted by molar-refractivity contribution is 6.37. The smallest absolute Gasteiger partial charge is 0.0493 e. The fourth-order valence-corrected chi connectivity index (χ4v) is 9.33. The van der Waals surface area contributed by atoms with Crippen molar-refractivity contribution >= 4 is 60.2 Å². The number of anilines is 3. The maximum absolute atomic E-state index is 2.46. The van der Waals surface area contributed by atoms with Crippen LogP contribution in [0.2, 0.25) is 0 Å². The summed E-state index contributed by atoms with van der Waals surface area (Å²) in [5.74, 6) is 0. The molecule has 0 bridgehead atoms. The number of rotatable bonds is 4. The zero-order chi connectivity index (χ0) is 36.3. The van der Waals surface area contributed by atoms with Crippen LogP contribution in [0.5, 0.6) is 0 Å². The van der Waals surface area contributed by atoms with Gasteiger partial charge in [-0.3, -0.25) is 0 Å². The molecular weight excluding hydrogens is 663 g/mol. The van der Waals surface area contributed by atoms with Crippen molar-refractivity contribution in [1.82, 2.24) is 0 Å². The summed E-state index contributed by atoms with van der Waals surface area (Å²) in [4.78, 5) is 2.46. The van der Waals surface area contributed by atoms with E-state index in [1.165, 1.54) is 105 Å². The van der Waals surface area contributed by atoms with Crippen molar-refractivity contribution in [2.75, 3.05) is 4.90 Å². The molecular formula is C54H37N. The minimum atomic E-state index is 1.03. The first-order valence-corrected chi connectivity index (χ1v) is 19.3. The molecule has 1 heterocycles. The van der Waals surface area contributed by atoms with Gasteiger partial charge in [0, 0.05) is 17.1 Å². The molecule has 0 atom stereocenters. The van der Waals surface area contributed by atoms with Crippen LogP contribution in [0.4, 0.5) is 17.1 Å². The number of para-hydroxylation sites is 2. The Kier molecular flexibility index (Phi) is 7.38. The molecule has 1 aliphatic rings. The molecule has 10 aromatic carbocycles. The summed E-state index contributed by atoms with van der Waals surface area (Å²) in [7, 11) is 0. The standard InChI is InChI=1S/C54H37N/c1-2-16-36(17-3-1)41-20-6-9-23-44(41)52-48-27-13-12-26-47(48)51(53-45-24-10-7-21-42(45)43-22-8-11-25-46(43)54(52)53)39-32-34-40(35-33-39)55-49-28-14-4-18-37(49)30-31-38-19-5-15-29-50(38)55/h1-29,32-35H,30-31H2. The van der Waals surface area contributed by atoms with E-state index in [-0.39, 0.29) is 0 Å². The Bertz CT molecular complexity index is 3040. The third kappa shape index (κ3) is 5.01. The lowest BCUT2D eigenvalue weighted by Gasteiger charge is -2.27. The van der Waals surface area contributed by atoms with Crippen LogP contribution in [-0.4, -0.2) is 0 Å². The summed E-state index contributed by atoms with van der Waals surface area (Å²) >= 11 is 0. The van der Waals surface area contributed by atoms with E-state index < -0.39 is 0 Å². The molecule has 0 fully saturated rings.